The summed E-state index contributed by atoms with van der Waals surface area (Å²) in [6.45, 7) is 2.02. The molecule has 1 aliphatic heterocycles. The van der Waals surface area contributed by atoms with Gasteiger partial charge in [0, 0.05) is 6.54 Å². The van der Waals surface area contributed by atoms with Gasteiger partial charge < -0.3 is 10.1 Å². The van der Waals surface area contributed by atoms with Gasteiger partial charge in [-0.05, 0) is 23.1 Å². The minimum Gasteiger partial charge on any atom is -0.376 e. The molecule has 1 N–H and O–H groups in total. The van der Waals surface area contributed by atoms with Crippen molar-refractivity contribution in [3.8, 4) is 0 Å². The fourth-order valence-corrected chi connectivity index (χ4v) is 1.87. The zero-order chi connectivity index (χ0) is 11.4. The van der Waals surface area contributed by atoms with E-state index in [1.807, 2.05) is 6.07 Å². The van der Waals surface area contributed by atoms with E-state index in [0.717, 1.165) is 18.6 Å². The summed E-state index contributed by atoms with van der Waals surface area (Å²) in [5.41, 5.74) is 3.68. The van der Waals surface area contributed by atoms with Crippen molar-refractivity contribution in [2.45, 2.75) is 19.6 Å². The second kappa shape index (κ2) is 5.32. The van der Waals surface area contributed by atoms with Gasteiger partial charge in [-0.25, -0.2) is 0 Å². The number of benzene rings is 1. The van der Waals surface area contributed by atoms with Crippen LogP contribution < -0.4 is 5.32 Å². The molecular weight excluding hydrogens is 226 g/mol. The Hall–Kier alpha value is -1.06. The lowest BCUT2D eigenvalue weighted by Gasteiger charge is -2.17. The van der Waals surface area contributed by atoms with Crippen molar-refractivity contribution in [2.24, 2.45) is 0 Å². The molecule has 16 heavy (non-hydrogen) atoms. The molecule has 3 nitrogen and oxygen atoms in total. The molecule has 0 aliphatic carbocycles. The van der Waals surface area contributed by atoms with E-state index in [2.05, 4.69) is 17.4 Å². The molecule has 1 aromatic rings. The molecule has 0 unspecified atom stereocenters. The summed E-state index contributed by atoms with van der Waals surface area (Å²) < 4.78 is 5.36. The summed E-state index contributed by atoms with van der Waals surface area (Å²) in [7, 11) is 0. The molecule has 2 rings (SSSR count). The fraction of sp³-hybridized carbons (Fsp3) is 0.417. The predicted octanol–water partition coefficient (Wildman–Crippen LogP) is 1.61. The van der Waals surface area contributed by atoms with Crippen LogP contribution in [0.5, 0.6) is 0 Å². The van der Waals surface area contributed by atoms with Crippen LogP contribution in [0.1, 0.15) is 16.7 Å². The Morgan fingerprint density at radius 1 is 1.44 bits per heavy atom. The standard InChI is InChI=1S/C12H14ClNO2/c13-6-12(15)14-7-9-1-2-11-8-16-4-3-10(11)5-9/h1-2,5H,3-4,6-8H2,(H,14,15). The number of halogens is 1. The third-order valence-electron chi connectivity index (χ3n) is 2.66. The van der Waals surface area contributed by atoms with Gasteiger partial charge >= 0.3 is 0 Å². The van der Waals surface area contributed by atoms with Gasteiger partial charge in [-0.1, -0.05) is 18.2 Å². The summed E-state index contributed by atoms with van der Waals surface area (Å²) in [6.07, 6.45) is 0.951. The first-order chi connectivity index (χ1) is 7.79. The molecule has 0 aromatic heterocycles. The summed E-state index contributed by atoms with van der Waals surface area (Å²) in [6, 6.07) is 6.21. The zero-order valence-corrected chi connectivity index (χ0v) is 9.72. The number of hydrogen-bond donors (Lipinski definition) is 1. The van der Waals surface area contributed by atoms with E-state index in [9.17, 15) is 4.79 Å². The molecule has 0 radical (unpaired) electrons. The SMILES string of the molecule is O=C(CCl)NCc1ccc2c(c1)CCOC2. The lowest BCUT2D eigenvalue weighted by Crippen LogP contribution is -2.24. The summed E-state index contributed by atoms with van der Waals surface area (Å²) in [4.78, 5) is 11.0. The molecule has 1 aromatic carbocycles. The van der Waals surface area contributed by atoms with Crippen molar-refractivity contribution < 1.29 is 9.53 Å². The molecule has 0 saturated carbocycles. The lowest BCUT2D eigenvalue weighted by molar-refractivity contribution is -0.118. The number of nitrogens with one attached hydrogen (secondary N) is 1. The van der Waals surface area contributed by atoms with E-state index in [0.29, 0.717) is 13.2 Å². The van der Waals surface area contributed by atoms with E-state index >= 15 is 0 Å². The first-order valence-electron chi connectivity index (χ1n) is 5.30. The maximum Gasteiger partial charge on any atom is 0.235 e. The van der Waals surface area contributed by atoms with Gasteiger partial charge in [0.1, 0.15) is 5.88 Å². The first-order valence-corrected chi connectivity index (χ1v) is 5.84. The molecular formula is C12H14ClNO2. The number of rotatable bonds is 3. The number of carbonyl (C=O) groups excluding carboxylic acids is 1. The number of fused-ring (bicyclic) bond motifs is 1. The van der Waals surface area contributed by atoms with Crippen LogP contribution in [0.3, 0.4) is 0 Å². The van der Waals surface area contributed by atoms with Crippen molar-refractivity contribution in [3.05, 3.63) is 34.9 Å². The lowest BCUT2D eigenvalue weighted by atomic mass is 10.0. The minimum atomic E-state index is -0.136. The predicted molar refractivity (Wildman–Crippen MR) is 62.4 cm³/mol. The van der Waals surface area contributed by atoms with Crippen LogP contribution in [0.15, 0.2) is 18.2 Å². The largest absolute Gasteiger partial charge is 0.376 e. The van der Waals surface area contributed by atoms with Crippen LogP contribution in [0.25, 0.3) is 0 Å². The Kier molecular flexibility index (Phi) is 3.80. The fourth-order valence-electron chi connectivity index (χ4n) is 1.77. The van der Waals surface area contributed by atoms with Crippen molar-refractivity contribution in [1.29, 1.82) is 0 Å². The second-order valence-electron chi connectivity index (χ2n) is 3.82. The number of hydrogen-bond acceptors (Lipinski definition) is 2. The van der Waals surface area contributed by atoms with Crippen LogP contribution in [0.4, 0.5) is 0 Å². The number of alkyl halides is 1. The molecule has 1 amide bonds. The van der Waals surface area contributed by atoms with Crippen LogP contribution in [0.2, 0.25) is 0 Å². The smallest absolute Gasteiger partial charge is 0.235 e. The van der Waals surface area contributed by atoms with E-state index < -0.39 is 0 Å². The van der Waals surface area contributed by atoms with Gasteiger partial charge in [-0.3, -0.25) is 4.79 Å². The highest BCUT2D eigenvalue weighted by Gasteiger charge is 2.09. The Morgan fingerprint density at radius 3 is 3.12 bits per heavy atom. The van der Waals surface area contributed by atoms with Gasteiger partial charge in [-0.2, -0.15) is 0 Å². The summed E-state index contributed by atoms with van der Waals surface area (Å²) >= 11 is 5.41. The Balaban J connectivity index is 2.03. The highest BCUT2D eigenvalue weighted by Crippen LogP contribution is 2.18. The minimum absolute atomic E-state index is 0.0127. The van der Waals surface area contributed by atoms with E-state index in [-0.39, 0.29) is 11.8 Å². The van der Waals surface area contributed by atoms with Gasteiger partial charge in [0.15, 0.2) is 0 Å². The van der Waals surface area contributed by atoms with Crippen molar-refractivity contribution in [3.63, 3.8) is 0 Å². The van der Waals surface area contributed by atoms with Crippen LogP contribution in [-0.2, 0) is 29.1 Å². The summed E-state index contributed by atoms with van der Waals surface area (Å²) in [5.74, 6) is -0.124. The third kappa shape index (κ3) is 2.74. The van der Waals surface area contributed by atoms with E-state index in [1.165, 1.54) is 11.1 Å². The van der Waals surface area contributed by atoms with Crippen molar-refractivity contribution >= 4 is 17.5 Å². The molecule has 86 valence electrons. The molecule has 1 heterocycles. The summed E-state index contributed by atoms with van der Waals surface area (Å²) in [5, 5.41) is 2.75. The normalized spacial score (nSPS) is 14.3. The average molecular weight is 240 g/mol. The van der Waals surface area contributed by atoms with E-state index in [4.69, 9.17) is 16.3 Å². The highest BCUT2D eigenvalue weighted by molar-refractivity contribution is 6.27. The molecule has 0 fully saturated rings. The Bertz CT molecular complexity index is 393. The first kappa shape index (κ1) is 11.4. The third-order valence-corrected chi connectivity index (χ3v) is 2.90. The number of amides is 1. The molecule has 4 heteroatoms. The van der Waals surface area contributed by atoms with Crippen LogP contribution >= 0.6 is 11.6 Å². The topological polar surface area (TPSA) is 38.3 Å². The van der Waals surface area contributed by atoms with Gasteiger partial charge in [0.05, 0.1) is 13.2 Å². The maximum absolute atomic E-state index is 11.0. The van der Waals surface area contributed by atoms with Gasteiger partial charge in [0.25, 0.3) is 0 Å². The quantitative estimate of drug-likeness (QED) is 0.814. The molecule has 0 bridgehead atoms. The van der Waals surface area contributed by atoms with Crippen molar-refractivity contribution in [2.75, 3.05) is 12.5 Å². The monoisotopic (exact) mass is 239 g/mol. The average Bonchev–Trinajstić information content (AvgIpc) is 2.35. The van der Waals surface area contributed by atoms with Gasteiger partial charge in [0.2, 0.25) is 5.91 Å². The molecule has 0 saturated heterocycles. The van der Waals surface area contributed by atoms with Crippen molar-refractivity contribution in [1.82, 2.24) is 5.32 Å². The van der Waals surface area contributed by atoms with E-state index in [1.54, 1.807) is 0 Å². The van der Waals surface area contributed by atoms with Crippen LogP contribution in [0, 0.1) is 0 Å². The number of ether oxygens (including phenoxy) is 1. The molecule has 0 spiro atoms. The molecule has 0 atom stereocenters. The maximum atomic E-state index is 11.0. The second-order valence-corrected chi connectivity index (χ2v) is 4.08. The molecule has 1 aliphatic rings. The van der Waals surface area contributed by atoms with Crippen LogP contribution in [-0.4, -0.2) is 18.4 Å². The highest BCUT2D eigenvalue weighted by atomic mass is 35.5. The number of carbonyl (C=O) groups is 1. The van der Waals surface area contributed by atoms with Gasteiger partial charge in [-0.15, -0.1) is 11.6 Å². The zero-order valence-electron chi connectivity index (χ0n) is 8.96. The Morgan fingerprint density at radius 2 is 2.31 bits per heavy atom. The Labute approximate surface area is 99.7 Å².